The molecule has 7 aromatic carbocycles. The molecule has 0 spiro atoms. The van der Waals surface area contributed by atoms with Crippen molar-refractivity contribution < 1.29 is 9.73 Å². The molecule has 9 aromatic rings. The van der Waals surface area contributed by atoms with E-state index >= 15 is 0 Å². The summed E-state index contributed by atoms with van der Waals surface area (Å²) in [5, 5.41) is 6.96. The van der Waals surface area contributed by atoms with Crippen LogP contribution in [-0.2, 0) is 0 Å². The van der Waals surface area contributed by atoms with Gasteiger partial charge >= 0.3 is 0 Å². The maximum Gasteiger partial charge on any atom is 0.230 e. The van der Waals surface area contributed by atoms with Crippen molar-refractivity contribution in [3.05, 3.63) is 187 Å². The molecule has 0 fully saturated rings. The van der Waals surface area contributed by atoms with Gasteiger partial charge in [0, 0.05) is 32.8 Å². The Hall–Kier alpha value is -6.27. The number of hydrogen-bond acceptors (Lipinski definition) is 3. The van der Waals surface area contributed by atoms with Gasteiger partial charge in [-0.2, -0.15) is 0 Å². The highest BCUT2D eigenvalue weighted by Gasteiger charge is 2.35. The normalized spacial score (nSPS) is 16.7. The molecule has 0 saturated carbocycles. The fourth-order valence-electron chi connectivity index (χ4n) is 7.93. The highest BCUT2D eigenvalue weighted by molar-refractivity contribution is 6.21. The predicted molar refractivity (Wildman–Crippen MR) is 208 cm³/mol. The molecule has 5 nitrogen and oxygen atoms in total. The Balaban J connectivity index is 1.09. The minimum atomic E-state index is -0.176. The Morgan fingerprint density at radius 2 is 1.22 bits per heavy atom. The average molecular weight is 660 g/mol. The Morgan fingerprint density at radius 1 is 0.549 bits per heavy atom. The maximum atomic E-state index is 6.59. The summed E-state index contributed by atoms with van der Waals surface area (Å²) in [5.41, 5.74) is 11.1. The molecule has 5 heteroatoms. The van der Waals surface area contributed by atoms with Crippen molar-refractivity contribution in [3.8, 4) is 16.8 Å². The average Bonchev–Trinajstić information content (AvgIpc) is 3.75. The van der Waals surface area contributed by atoms with Crippen LogP contribution in [0.25, 0.3) is 60.6 Å². The number of amidine groups is 1. The molecule has 0 aliphatic carbocycles. The highest BCUT2D eigenvalue weighted by atomic mass is 16.3. The van der Waals surface area contributed by atoms with Gasteiger partial charge in [0.1, 0.15) is 11.7 Å². The van der Waals surface area contributed by atoms with Gasteiger partial charge in [0.05, 0.1) is 16.6 Å². The van der Waals surface area contributed by atoms with Gasteiger partial charge in [0.25, 0.3) is 0 Å². The van der Waals surface area contributed by atoms with E-state index in [9.17, 15) is 0 Å². The van der Waals surface area contributed by atoms with Crippen LogP contribution in [0.5, 0.6) is 0 Å². The number of nitrogens with two attached hydrogens (primary N) is 1. The minimum Gasteiger partial charge on any atom is -0.454 e. The van der Waals surface area contributed by atoms with Crippen LogP contribution >= 0.6 is 0 Å². The van der Waals surface area contributed by atoms with Gasteiger partial charge < -0.3 is 8.98 Å². The number of fused-ring (bicyclic) bond motifs is 7. The number of aromatic nitrogens is 1. The Labute approximate surface area is 295 Å². The van der Waals surface area contributed by atoms with Crippen molar-refractivity contribution in [2.75, 3.05) is 7.05 Å². The van der Waals surface area contributed by atoms with Gasteiger partial charge in [-0.05, 0) is 72.3 Å². The number of furan rings is 1. The van der Waals surface area contributed by atoms with Crippen LogP contribution in [0.1, 0.15) is 29.0 Å². The van der Waals surface area contributed by atoms with E-state index in [1.165, 1.54) is 27.5 Å². The SMILES string of the molecule is CN1C(c2ccc(-n3c4ccccc4c4ccc5c6ccccc6oc5c43)cc2)N=C(c2ccccc2)[NH2+]C1c1cccc(-c2ccccc2)c1. The lowest BCUT2D eigenvalue weighted by molar-refractivity contribution is -0.621. The van der Waals surface area contributed by atoms with Crippen LogP contribution < -0.4 is 5.32 Å². The zero-order valence-corrected chi connectivity index (χ0v) is 28.1. The molecule has 0 saturated heterocycles. The van der Waals surface area contributed by atoms with Crippen molar-refractivity contribution in [1.82, 2.24) is 9.47 Å². The number of quaternary nitrogens is 1. The first-order valence-electron chi connectivity index (χ1n) is 17.5. The highest BCUT2D eigenvalue weighted by Crippen LogP contribution is 2.40. The molecule has 0 bridgehead atoms. The lowest BCUT2D eigenvalue weighted by atomic mass is 10.00. The van der Waals surface area contributed by atoms with Gasteiger partial charge in [0.2, 0.25) is 5.84 Å². The molecule has 1 aliphatic rings. The first-order valence-corrected chi connectivity index (χ1v) is 17.5. The van der Waals surface area contributed by atoms with Crippen LogP contribution in [0.15, 0.2) is 179 Å². The third kappa shape index (κ3) is 4.89. The lowest BCUT2D eigenvalue weighted by Gasteiger charge is -2.35. The molecular formula is C46H35N4O+. The maximum absolute atomic E-state index is 6.59. The van der Waals surface area contributed by atoms with Crippen LogP contribution in [0.2, 0.25) is 0 Å². The Bertz CT molecular complexity index is 2740. The second-order valence-corrected chi connectivity index (χ2v) is 13.4. The van der Waals surface area contributed by atoms with Crippen LogP contribution in [-0.4, -0.2) is 22.4 Å². The molecule has 2 atom stereocenters. The van der Waals surface area contributed by atoms with Crippen molar-refractivity contribution in [2.45, 2.75) is 12.3 Å². The standard InChI is InChI=1S/C46H34N4O/c1-49-45(47-44(31-15-6-3-7-16-31)48-46(49)34-18-12-17-33(29-34)30-13-4-2-5-14-30)32-23-25-35(26-24-32)50-40-21-10-8-19-36(40)38-27-28-39-37-20-9-11-22-41(37)51-43(39)42(38)50/h2-29,45-46H,1H3,(H,47,48)/p+1. The number of hydrogen-bond donors (Lipinski definition) is 1. The van der Waals surface area contributed by atoms with Gasteiger partial charge in [-0.1, -0.05) is 121 Å². The summed E-state index contributed by atoms with van der Waals surface area (Å²) in [7, 11) is 2.19. The van der Waals surface area contributed by atoms with Crippen LogP contribution in [0, 0.1) is 0 Å². The number of nitrogens with zero attached hydrogens (tertiary/aromatic N) is 3. The summed E-state index contributed by atoms with van der Waals surface area (Å²) in [6.45, 7) is 0. The third-order valence-corrected chi connectivity index (χ3v) is 10.4. The molecule has 51 heavy (non-hydrogen) atoms. The Morgan fingerprint density at radius 3 is 2.02 bits per heavy atom. The zero-order chi connectivity index (χ0) is 33.9. The summed E-state index contributed by atoms with van der Waals surface area (Å²) >= 11 is 0. The van der Waals surface area contributed by atoms with Crippen LogP contribution in [0.3, 0.4) is 0 Å². The summed E-state index contributed by atoms with van der Waals surface area (Å²) in [5.74, 6) is 1.01. The molecule has 244 valence electrons. The van der Waals surface area contributed by atoms with Gasteiger partial charge in [-0.3, -0.25) is 5.32 Å². The van der Waals surface area contributed by atoms with E-state index in [0.29, 0.717) is 0 Å². The van der Waals surface area contributed by atoms with Gasteiger partial charge in [-0.15, -0.1) is 0 Å². The summed E-state index contributed by atoms with van der Waals surface area (Å²) in [6, 6.07) is 60.4. The number of para-hydroxylation sites is 2. The smallest absolute Gasteiger partial charge is 0.230 e. The number of aliphatic imine (C=N–C) groups is 1. The Kier molecular flexibility index (Phi) is 6.94. The zero-order valence-electron chi connectivity index (χ0n) is 28.1. The molecule has 0 amide bonds. The minimum absolute atomic E-state index is 0.0322. The second-order valence-electron chi connectivity index (χ2n) is 13.4. The van der Waals surface area contributed by atoms with E-state index < -0.39 is 0 Å². The molecule has 0 radical (unpaired) electrons. The van der Waals surface area contributed by atoms with E-state index in [-0.39, 0.29) is 12.3 Å². The van der Waals surface area contributed by atoms with Crippen molar-refractivity contribution in [1.29, 1.82) is 0 Å². The fraction of sp³-hybridized carbons (Fsp3) is 0.0652. The van der Waals surface area contributed by atoms with Gasteiger partial charge in [-0.25, -0.2) is 9.89 Å². The number of benzene rings is 7. The van der Waals surface area contributed by atoms with Crippen molar-refractivity contribution >= 4 is 49.6 Å². The monoisotopic (exact) mass is 659 g/mol. The van der Waals surface area contributed by atoms with E-state index in [4.69, 9.17) is 9.41 Å². The quantitative estimate of drug-likeness (QED) is 0.200. The summed E-state index contributed by atoms with van der Waals surface area (Å²) in [6.07, 6.45) is -0.144. The molecule has 2 N–H and O–H groups in total. The predicted octanol–water partition coefficient (Wildman–Crippen LogP) is 10.0. The van der Waals surface area contributed by atoms with Crippen LogP contribution in [0.4, 0.5) is 0 Å². The van der Waals surface area contributed by atoms with E-state index in [1.807, 2.05) is 6.07 Å². The first kappa shape index (κ1) is 29.6. The van der Waals surface area contributed by atoms with E-state index in [1.54, 1.807) is 0 Å². The molecular weight excluding hydrogens is 625 g/mol. The van der Waals surface area contributed by atoms with E-state index in [0.717, 1.165) is 55.6 Å². The molecule has 10 rings (SSSR count). The largest absolute Gasteiger partial charge is 0.454 e. The second kappa shape index (κ2) is 12.0. The summed E-state index contributed by atoms with van der Waals surface area (Å²) in [4.78, 5) is 7.76. The number of rotatable bonds is 5. The van der Waals surface area contributed by atoms with Crippen molar-refractivity contribution in [2.24, 2.45) is 4.99 Å². The fourth-order valence-corrected chi connectivity index (χ4v) is 7.93. The summed E-state index contributed by atoms with van der Waals surface area (Å²) < 4.78 is 8.94. The van der Waals surface area contributed by atoms with Gasteiger partial charge in [0.15, 0.2) is 11.7 Å². The van der Waals surface area contributed by atoms with Crippen molar-refractivity contribution in [3.63, 3.8) is 0 Å². The molecule has 3 heterocycles. The lowest BCUT2D eigenvalue weighted by Crippen LogP contribution is -2.93. The molecule has 2 aromatic heterocycles. The third-order valence-electron chi connectivity index (χ3n) is 10.4. The van der Waals surface area contributed by atoms with E-state index in [2.05, 4.69) is 186 Å². The topological polar surface area (TPSA) is 50.3 Å². The molecule has 2 unspecified atom stereocenters. The first-order chi connectivity index (χ1) is 25.2. The molecule has 1 aliphatic heterocycles.